The second-order valence-corrected chi connectivity index (χ2v) is 2.38. The molecule has 54 valence electrons. The van der Waals surface area contributed by atoms with E-state index in [9.17, 15) is 0 Å². The van der Waals surface area contributed by atoms with Gasteiger partial charge in [-0.05, 0) is 6.07 Å². The number of nitrogen functional groups attached to an aromatic ring is 1. The Morgan fingerprint density at radius 1 is 1.18 bits per heavy atom. The number of hydrogen-bond acceptors (Lipinski definition) is 2. The average molecular weight is 146 g/mol. The van der Waals surface area contributed by atoms with Crippen molar-refractivity contribution in [1.82, 2.24) is 5.10 Å². The first-order chi connectivity index (χ1) is 5.36. The van der Waals surface area contributed by atoms with Crippen LogP contribution in [0.1, 0.15) is 0 Å². The third-order valence-corrected chi connectivity index (χ3v) is 1.60. The number of hydrogen-bond donors (Lipinski definition) is 1. The second-order valence-electron chi connectivity index (χ2n) is 2.38. The Kier molecular flexibility index (Phi) is 1.22. The molecule has 0 saturated heterocycles. The molecule has 0 fully saturated rings. The minimum atomic E-state index is 1.10. The standard InChI is InChI=1S/C8H8N3/c9-11-6-8-4-2-1-3-7(8)5-10-11/h1-6H,(H2,9,10)/q+1. The van der Waals surface area contributed by atoms with E-state index in [1.165, 1.54) is 4.79 Å². The van der Waals surface area contributed by atoms with Crippen LogP contribution in [-0.4, -0.2) is 5.10 Å². The summed E-state index contributed by atoms with van der Waals surface area (Å²) in [7, 11) is 0. The van der Waals surface area contributed by atoms with Gasteiger partial charge in [0.05, 0.1) is 5.39 Å². The number of rotatable bonds is 0. The zero-order valence-electron chi connectivity index (χ0n) is 5.94. The molecule has 0 atom stereocenters. The summed E-state index contributed by atoms with van der Waals surface area (Å²) >= 11 is 0. The highest BCUT2D eigenvalue weighted by atomic mass is 15.5. The molecule has 2 rings (SSSR count). The molecule has 0 spiro atoms. The summed E-state index contributed by atoms with van der Waals surface area (Å²) in [4.78, 5) is 1.31. The molecular weight excluding hydrogens is 138 g/mol. The van der Waals surface area contributed by atoms with Gasteiger partial charge in [0.2, 0.25) is 6.20 Å². The van der Waals surface area contributed by atoms with Crippen molar-refractivity contribution in [2.24, 2.45) is 0 Å². The molecular formula is C8H8N3+. The van der Waals surface area contributed by atoms with Crippen LogP contribution < -0.4 is 10.6 Å². The highest BCUT2D eigenvalue weighted by Crippen LogP contribution is 2.07. The fourth-order valence-corrected chi connectivity index (χ4v) is 1.05. The van der Waals surface area contributed by atoms with E-state index in [4.69, 9.17) is 5.84 Å². The van der Waals surface area contributed by atoms with Gasteiger partial charge in [-0.15, -0.1) is 0 Å². The van der Waals surface area contributed by atoms with Crippen LogP contribution >= 0.6 is 0 Å². The monoisotopic (exact) mass is 146 g/mol. The van der Waals surface area contributed by atoms with E-state index in [1.54, 1.807) is 12.4 Å². The summed E-state index contributed by atoms with van der Waals surface area (Å²) in [6.07, 6.45) is 3.53. The Bertz CT molecular complexity index is 384. The molecule has 3 nitrogen and oxygen atoms in total. The average Bonchev–Trinajstić information content (AvgIpc) is 2.04. The fourth-order valence-electron chi connectivity index (χ4n) is 1.05. The lowest BCUT2D eigenvalue weighted by Crippen LogP contribution is -2.47. The molecule has 2 N–H and O–H groups in total. The fraction of sp³-hybridized carbons (Fsp3) is 0. The lowest BCUT2D eigenvalue weighted by Gasteiger charge is -1.89. The lowest BCUT2D eigenvalue weighted by molar-refractivity contribution is -0.699. The predicted molar refractivity (Wildman–Crippen MR) is 42.1 cm³/mol. The predicted octanol–water partition coefficient (Wildman–Crippen LogP) is 0.236. The summed E-state index contributed by atoms with van der Waals surface area (Å²) in [5.41, 5.74) is 0. The maximum Gasteiger partial charge on any atom is 0.238 e. The first kappa shape index (κ1) is 6.09. The van der Waals surface area contributed by atoms with Crippen molar-refractivity contribution in [2.75, 3.05) is 5.84 Å². The molecule has 0 radical (unpaired) electrons. The number of aromatic nitrogens is 2. The first-order valence-electron chi connectivity index (χ1n) is 3.38. The van der Waals surface area contributed by atoms with E-state index in [1.807, 2.05) is 24.3 Å². The van der Waals surface area contributed by atoms with Gasteiger partial charge in [-0.3, -0.25) is 0 Å². The van der Waals surface area contributed by atoms with Crippen LogP contribution in [0.4, 0.5) is 0 Å². The largest absolute Gasteiger partial charge is 0.238 e. The minimum Gasteiger partial charge on any atom is -0.181 e. The van der Waals surface area contributed by atoms with Crippen LogP contribution in [0.15, 0.2) is 36.7 Å². The first-order valence-corrected chi connectivity index (χ1v) is 3.38. The van der Waals surface area contributed by atoms with E-state index in [-0.39, 0.29) is 0 Å². The molecule has 0 aliphatic heterocycles. The quantitative estimate of drug-likeness (QED) is 0.427. The van der Waals surface area contributed by atoms with E-state index < -0.39 is 0 Å². The summed E-state index contributed by atoms with van der Waals surface area (Å²) < 4.78 is 0. The molecule has 1 aromatic carbocycles. The Labute approximate surface area is 64.0 Å². The van der Waals surface area contributed by atoms with Crippen molar-refractivity contribution in [2.45, 2.75) is 0 Å². The van der Waals surface area contributed by atoms with E-state index in [2.05, 4.69) is 5.10 Å². The normalized spacial score (nSPS) is 10.2. The van der Waals surface area contributed by atoms with Gasteiger partial charge in [0, 0.05) is 15.3 Å². The van der Waals surface area contributed by atoms with Crippen LogP contribution in [0.25, 0.3) is 10.8 Å². The summed E-state index contributed by atoms with van der Waals surface area (Å²) in [5, 5.41) is 6.11. The van der Waals surface area contributed by atoms with Crippen LogP contribution in [0.3, 0.4) is 0 Å². The van der Waals surface area contributed by atoms with E-state index in [0.29, 0.717) is 0 Å². The minimum absolute atomic E-state index is 1.10. The maximum absolute atomic E-state index is 5.43. The molecule has 1 heterocycles. The number of nitrogens with zero attached hydrogens (tertiary/aromatic N) is 2. The van der Waals surface area contributed by atoms with Crippen molar-refractivity contribution in [3.8, 4) is 0 Å². The van der Waals surface area contributed by atoms with Crippen molar-refractivity contribution < 1.29 is 4.79 Å². The van der Waals surface area contributed by atoms with Gasteiger partial charge < -0.3 is 0 Å². The molecule has 2 aromatic rings. The molecule has 0 aliphatic carbocycles. The van der Waals surface area contributed by atoms with Crippen molar-refractivity contribution in [3.05, 3.63) is 36.7 Å². The number of benzene rings is 1. The third kappa shape index (κ3) is 1.00. The molecule has 0 amide bonds. The molecule has 0 saturated carbocycles. The Balaban J connectivity index is 2.83. The summed E-state index contributed by atoms with van der Waals surface area (Å²) in [6, 6.07) is 7.95. The van der Waals surface area contributed by atoms with Crippen molar-refractivity contribution >= 4 is 10.8 Å². The topological polar surface area (TPSA) is 42.8 Å². The Morgan fingerprint density at radius 2 is 1.91 bits per heavy atom. The maximum atomic E-state index is 5.43. The molecule has 3 heteroatoms. The summed E-state index contributed by atoms with van der Waals surface area (Å²) in [6.45, 7) is 0. The molecule has 11 heavy (non-hydrogen) atoms. The van der Waals surface area contributed by atoms with Crippen molar-refractivity contribution in [3.63, 3.8) is 0 Å². The van der Waals surface area contributed by atoms with Crippen molar-refractivity contribution in [1.29, 1.82) is 0 Å². The third-order valence-electron chi connectivity index (χ3n) is 1.60. The molecule has 0 aliphatic rings. The van der Waals surface area contributed by atoms with E-state index >= 15 is 0 Å². The number of fused-ring (bicyclic) bond motifs is 1. The smallest absolute Gasteiger partial charge is 0.181 e. The SMILES string of the molecule is N[n+]1cc2ccccc2cn1. The highest BCUT2D eigenvalue weighted by Gasteiger charge is 1.97. The van der Waals surface area contributed by atoms with Crippen LogP contribution in [-0.2, 0) is 0 Å². The molecule has 0 unspecified atom stereocenters. The van der Waals surface area contributed by atoms with E-state index in [0.717, 1.165) is 10.8 Å². The van der Waals surface area contributed by atoms with Gasteiger partial charge in [0.15, 0.2) is 0 Å². The second kappa shape index (κ2) is 2.20. The zero-order chi connectivity index (χ0) is 7.68. The number of nitrogens with two attached hydrogens (primary N) is 1. The highest BCUT2D eigenvalue weighted by molar-refractivity contribution is 5.79. The summed E-state index contributed by atoms with van der Waals surface area (Å²) in [5.74, 6) is 5.43. The Hall–Kier alpha value is -1.64. The molecule has 1 aromatic heterocycles. The lowest BCUT2D eigenvalue weighted by atomic mass is 10.2. The molecule has 0 bridgehead atoms. The van der Waals surface area contributed by atoms with Crippen LogP contribution in [0.2, 0.25) is 0 Å². The van der Waals surface area contributed by atoms with Gasteiger partial charge in [-0.25, -0.2) is 0 Å². The van der Waals surface area contributed by atoms with Gasteiger partial charge in [0.25, 0.3) is 0 Å². The van der Waals surface area contributed by atoms with Gasteiger partial charge >= 0.3 is 0 Å². The van der Waals surface area contributed by atoms with Gasteiger partial charge in [-0.1, -0.05) is 18.2 Å². The van der Waals surface area contributed by atoms with Crippen LogP contribution in [0.5, 0.6) is 0 Å². The zero-order valence-corrected chi connectivity index (χ0v) is 5.94. The van der Waals surface area contributed by atoms with Gasteiger partial charge in [-0.2, -0.15) is 5.84 Å². The van der Waals surface area contributed by atoms with Gasteiger partial charge in [0.1, 0.15) is 6.20 Å². The van der Waals surface area contributed by atoms with Crippen LogP contribution in [0, 0.1) is 0 Å². The Morgan fingerprint density at radius 3 is 2.73 bits per heavy atom.